The van der Waals surface area contributed by atoms with Gasteiger partial charge < -0.3 is 4.74 Å². The van der Waals surface area contributed by atoms with Gasteiger partial charge in [-0.1, -0.05) is 42.5 Å². The predicted octanol–water partition coefficient (Wildman–Crippen LogP) is 4.21. The van der Waals surface area contributed by atoms with Crippen LogP contribution in [0.5, 0.6) is 0 Å². The summed E-state index contributed by atoms with van der Waals surface area (Å²) in [5.41, 5.74) is 4.40. The molecule has 3 heteroatoms. The molecule has 1 heterocycles. The smallest absolute Gasteiger partial charge is 0.339 e. The van der Waals surface area contributed by atoms with Crippen molar-refractivity contribution in [1.29, 1.82) is 0 Å². The fraction of sp³-hybridized carbons (Fsp3) is 0.158. The third-order valence-corrected chi connectivity index (χ3v) is 3.69. The second-order valence-electron chi connectivity index (χ2n) is 5.35. The maximum absolute atomic E-state index is 12.5. The van der Waals surface area contributed by atoms with Crippen LogP contribution >= 0.6 is 0 Å². The molecule has 0 amide bonds. The minimum Gasteiger partial charge on any atom is -0.457 e. The van der Waals surface area contributed by atoms with E-state index in [1.54, 1.807) is 6.20 Å². The SMILES string of the molecule is Cc1cc(C)c2ncccc2c1C(=O)OCc1ccccc1. The van der Waals surface area contributed by atoms with Gasteiger partial charge in [0.15, 0.2) is 0 Å². The summed E-state index contributed by atoms with van der Waals surface area (Å²) in [7, 11) is 0. The molecule has 0 spiro atoms. The van der Waals surface area contributed by atoms with E-state index < -0.39 is 0 Å². The molecule has 0 saturated heterocycles. The number of esters is 1. The molecular weight excluding hydrogens is 274 g/mol. The van der Waals surface area contributed by atoms with Crippen molar-refractivity contribution in [2.45, 2.75) is 20.5 Å². The van der Waals surface area contributed by atoms with Crippen LogP contribution in [0, 0.1) is 13.8 Å². The maximum Gasteiger partial charge on any atom is 0.339 e. The predicted molar refractivity (Wildman–Crippen MR) is 86.8 cm³/mol. The first-order valence-corrected chi connectivity index (χ1v) is 7.23. The molecule has 2 aromatic carbocycles. The van der Waals surface area contributed by atoms with Crippen molar-refractivity contribution in [1.82, 2.24) is 4.98 Å². The maximum atomic E-state index is 12.5. The molecule has 0 radical (unpaired) electrons. The van der Waals surface area contributed by atoms with Gasteiger partial charge in [0.25, 0.3) is 0 Å². The molecule has 0 saturated carbocycles. The number of aromatic nitrogens is 1. The Morgan fingerprint density at radius 1 is 1.05 bits per heavy atom. The summed E-state index contributed by atoms with van der Waals surface area (Å²) in [6, 6.07) is 15.4. The quantitative estimate of drug-likeness (QED) is 0.679. The number of pyridine rings is 1. The molecule has 3 nitrogen and oxygen atoms in total. The lowest BCUT2D eigenvalue weighted by atomic mass is 9.99. The number of rotatable bonds is 3. The van der Waals surface area contributed by atoms with Crippen molar-refractivity contribution < 1.29 is 9.53 Å². The average Bonchev–Trinajstić information content (AvgIpc) is 2.54. The molecule has 0 aliphatic rings. The second-order valence-corrected chi connectivity index (χ2v) is 5.35. The van der Waals surface area contributed by atoms with Crippen LogP contribution in [-0.2, 0) is 11.3 Å². The molecule has 0 fully saturated rings. The van der Waals surface area contributed by atoms with Gasteiger partial charge in [-0.05, 0) is 36.6 Å². The first-order chi connectivity index (χ1) is 10.7. The van der Waals surface area contributed by atoms with Gasteiger partial charge in [-0.2, -0.15) is 0 Å². The van der Waals surface area contributed by atoms with Gasteiger partial charge in [0, 0.05) is 11.6 Å². The number of benzene rings is 2. The zero-order valence-corrected chi connectivity index (χ0v) is 12.7. The lowest BCUT2D eigenvalue weighted by molar-refractivity contribution is 0.0474. The number of hydrogen-bond acceptors (Lipinski definition) is 3. The molecule has 1 aromatic heterocycles. The van der Waals surface area contributed by atoms with Gasteiger partial charge in [0.2, 0.25) is 0 Å². The lowest BCUT2D eigenvalue weighted by Crippen LogP contribution is -2.09. The van der Waals surface area contributed by atoms with E-state index in [0.717, 1.165) is 27.6 Å². The Hall–Kier alpha value is -2.68. The normalized spacial score (nSPS) is 10.6. The Balaban J connectivity index is 1.94. The van der Waals surface area contributed by atoms with Gasteiger partial charge in [0.1, 0.15) is 6.61 Å². The highest BCUT2D eigenvalue weighted by Crippen LogP contribution is 2.25. The van der Waals surface area contributed by atoms with Crippen LogP contribution in [0.25, 0.3) is 10.9 Å². The molecule has 0 aliphatic carbocycles. The summed E-state index contributed by atoms with van der Waals surface area (Å²) in [5.74, 6) is -0.306. The Morgan fingerprint density at radius 2 is 1.82 bits per heavy atom. The number of carbonyl (C=O) groups excluding carboxylic acids is 1. The first-order valence-electron chi connectivity index (χ1n) is 7.23. The summed E-state index contributed by atoms with van der Waals surface area (Å²) >= 11 is 0. The zero-order chi connectivity index (χ0) is 15.5. The largest absolute Gasteiger partial charge is 0.457 e. The van der Waals surface area contributed by atoms with Crippen LogP contribution < -0.4 is 0 Å². The Morgan fingerprint density at radius 3 is 2.59 bits per heavy atom. The first kappa shape index (κ1) is 14.3. The lowest BCUT2D eigenvalue weighted by Gasteiger charge is -2.12. The van der Waals surface area contributed by atoms with Crippen molar-refractivity contribution in [3.63, 3.8) is 0 Å². The van der Waals surface area contributed by atoms with Gasteiger partial charge in [-0.15, -0.1) is 0 Å². The molecule has 3 rings (SSSR count). The summed E-state index contributed by atoms with van der Waals surface area (Å²) in [5, 5.41) is 0.845. The number of hydrogen-bond donors (Lipinski definition) is 0. The molecule has 0 N–H and O–H groups in total. The van der Waals surface area contributed by atoms with E-state index in [-0.39, 0.29) is 12.6 Å². The zero-order valence-electron chi connectivity index (χ0n) is 12.7. The fourth-order valence-corrected chi connectivity index (χ4v) is 2.67. The third kappa shape index (κ3) is 2.70. The van der Waals surface area contributed by atoms with Crippen molar-refractivity contribution in [2.75, 3.05) is 0 Å². The van der Waals surface area contributed by atoms with Crippen LogP contribution in [0.2, 0.25) is 0 Å². The monoisotopic (exact) mass is 291 g/mol. The van der Waals surface area contributed by atoms with Gasteiger partial charge in [0.05, 0.1) is 11.1 Å². The number of aryl methyl sites for hydroxylation is 2. The highest BCUT2D eigenvalue weighted by molar-refractivity contribution is 6.05. The molecule has 0 aliphatic heterocycles. The molecule has 0 unspecified atom stereocenters. The van der Waals surface area contributed by atoms with Gasteiger partial charge in [-0.25, -0.2) is 4.79 Å². The number of nitrogens with zero attached hydrogens (tertiary/aromatic N) is 1. The Kier molecular flexibility index (Phi) is 3.88. The van der Waals surface area contributed by atoms with E-state index in [1.165, 1.54) is 0 Å². The van der Waals surface area contributed by atoms with Crippen molar-refractivity contribution in [3.05, 3.63) is 77.0 Å². The van der Waals surface area contributed by atoms with Gasteiger partial charge in [-0.3, -0.25) is 4.98 Å². The molecule has 0 bridgehead atoms. The highest BCUT2D eigenvalue weighted by atomic mass is 16.5. The van der Waals surface area contributed by atoms with E-state index in [1.807, 2.05) is 62.4 Å². The summed E-state index contributed by atoms with van der Waals surface area (Å²) in [4.78, 5) is 16.9. The minimum absolute atomic E-state index is 0.273. The van der Waals surface area contributed by atoms with Crippen LogP contribution in [-0.4, -0.2) is 11.0 Å². The summed E-state index contributed by atoms with van der Waals surface area (Å²) in [6.45, 7) is 4.20. The summed E-state index contributed by atoms with van der Waals surface area (Å²) in [6.07, 6.45) is 1.74. The standard InChI is InChI=1S/C19H17NO2/c1-13-11-14(2)18-16(9-6-10-20-18)17(13)19(21)22-12-15-7-4-3-5-8-15/h3-11H,12H2,1-2H3. The molecule has 22 heavy (non-hydrogen) atoms. The van der Waals surface area contributed by atoms with Crippen LogP contribution in [0.1, 0.15) is 27.0 Å². The summed E-state index contributed by atoms with van der Waals surface area (Å²) < 4.78 is 5.48. The number of ether oxygens (including phenoxy) is 1. The second kappa shape index (κ2) is 5.98. The van der Waals surface area contributed by atoms with E-state index in [4.69, 9.17) is 4.74 Å². The molecule has 0 atom stereocenters. The highest BCUT2D eigenvalue weighted by Gasteiger charge is 2.16. The van der Waals surface area contributed by atoms with Crippen molar-refractivity contribution in [3.8, 4) is 0 Å². The van der Waals surface area contributed by atoms with E-state index in [0.29, 0.717) is 5.56 Å². The Bertz CT molecular complexity index is 825. The van der Waals surface area contributed by atoms with Crippen molar-refractivity contribution >= 4 is 16.9 Å². The fourth-order valence-electron chi connectivity index (χ4n) is 2.67. The topological polar surface area (TPSA) is 39.2 Å². The minimum atomic E-state index is -0.306. The van der Waals surface area contributed by atoms with Gasteiger partial charge >= 0.3 is 5.97 Å². The molecule has 110 valence electrons. The number of fused-ring (bicyclic) bond motifs is 1. The van der Waals surface area contributed by atoms with E-state index >= 15 is 0 Å². The van der Waals surface area contributed by atoms with Crippen LogP contribution in [0.15, 0.2) is 54.7 Å². The van der Waals surface area contributed by atoms with Crippen LogP contribution in [0.3, 0.4) is 0 Å². The van der Waals surface area contributed by atoms with Crippen LogP contribution in [0.4, 0.5) is 0 Å². The van der Waals surface area contributed by atoms with E-state index in [9.17, 15) is 4.79 Å². The Labute approximate surface area is 129 Å². The van der Waals surface area contributed by atoms with E-state index in [2.05, 4.69) is 4.98 Å². The third-order valence-electron chi connectivity index (χ3n) is 3.69. The van der Waals surface area contributed by atoms with Crippen molar-refractivity contribution in [2.24, 2.45) is 0 Å². The molecular formula is C19H17NO2. The molecule has 3 aromatic rings. The average molecular weight is 291 g/mol. The number of carbonyl (C=O) groups is 1.